The van der Waals surface area contributed by atoms with Gasteiger partial charge < -0.3 is 24.3 Å². The number of hydrogen-bond acceptors (Lipinski definition) is 4. The minimum atomic E-state index is 0.0105. The van der Waals surface area contributed by atoms with E-state index in [0.29, 0.717) is 6.61 Å². The Labute approximate surface area is 165 Å². The van der Waals surface area contributed by atoms with Crippen molar-refractivity contribution >= 4 is 17.3 Å². The van der Waals surface area contributed by atoms with Gasteiger partial charge in [-0.3, -0.25) is 4.98 Å². The van der Waals surface area contributed by atoms with Crippen molar-refractivity contribution in [3.05, 3.63) is 54.1 Å². The lowest BCUT2D eigenvalue weighted by Crippen LogP contribution is -2.37. The third kappa shape index (κ3) is 3.85. The first kappa shape index (κ1) is 18.4. The Balaban J connectivity index is 1.67. The van der Waals surface area contributed by atoms with E-state index in [-0.39, 0.29) is 18.2 Å². The normalized spacial score (nSPS) is 25.1. The molecular formula is C20H26N4O2S. The molecule has 2 aliphatic heterocycles. The van der Waals surface area contributed by atoms with Crippen LogP contribution in [0.5, 0.6) is 0 Å². The second-order valence-corrected chi connectivity index (χ2v) is 7.42. The average Bonchev–Trinajstić information content (AvgIpc) is 3.42. The van der Waals surface area contributed by atoms with Crippen LogP contribution in [0.25, 0.3) is 0 Å². The predicted molar refractivity (Wildman–Crippen MR) is 107 cm³/mol. The number of nitrogens with zero attached hydrogens (tertiary/aromatic N) is 3. The largest absolute Gasteiger partial charge is 0.383 e. The van der Waals surface area contributed by atoms with E-state index in [0.717, 1.165) is 43.3 Å². The lowest BCUT2D eigenvalue weighted by atomic mass is 10.0. The molecule has 0 bridgehead atoms. The molecule has 27 heavy (non-hydrogen) atoms. The van der Waals surface area contributed by atoms with Crippen molar-refractivity contribution in [2.45, 2.75) is 37.6 Å². The predicted octanol–water partition coefficient (Wildman–Crippen LogP) is 2.68. The van der Waals surface area contributed by atoms with Gasteiger partial charge in [-0.2, -0.15) is 0 Å². The van der Waals surface area contributed by atoms with Gasteiger partial charge in [0.1, 0.15) is 0 Å². The van der Waals surface area contributed by atoms with Crippen molar-refractivity contribution in [1.82, 2.24) is 19.8 Å². The van der Waals surface area contributed by atoms with Crippen molar-refractivity contribution in [2.24, 2.45) is 0 Å². The smallest absolute Gasteiger partial charge is 0.170 e. The van der Waals surface area contributed by atoms with Gasteiger partial charge in [-0.25, -0.2) is 0 Å². The highest BCUT2D eigenvalue weighted by Crippen LogP contribution is 2.39. The van der Waals surface area contributed by atoms with Crippen LogP contribution in [-0.4, -0.2) is 52.5 Å². The van der Waals surface area contributed by atoms with Crippen molar-refractivity contribution in [3.63, 3.8) is 0 Å². The average molecular weight is 387 g/mol. The van der Waals surface area contributed by atoms with E-state index in [1.165, 1.54) is 5.69 Å². The molecule has 0 aliphatic carbocycles. The van der Waals surface area contributed by atoms with E-state index in [1.54, 1.807) is 7.11 Å². The summed E-state index contributed by atoms with van der Waals surface area (Å²) in [6.45, 7) is 3.13. The molecule has 6 nitrogen and oxygen atoms in total. The van der Waals surface area contributed by atoms with Crippen molar-refractivity contribution < 1.29 is 9.47 Å². The van der Waals surface area contributed by atoms with E-state index in [4.69, 9.17) is 21.7 Å². The van der Waals surface area contributed by atoms with Crippen LogP contribution >= 0.6 is 12.2 Å². The molecule has 0 amide bonds. The molecule has 7 heteroatoms. The summed E-state index contributed by atoms with van der Waals surface area (Å²) in [6.07, 6.45) is 6.39. The lowest BCUT2D eigenvalue weighted by molar-refractivity contribution is 0.0831. The Morgan fingerprint density at radius 3 is 3.00 bits per heavy atom. The molecule has 0 saturated carbocycles. The molecule has 2 aliphatic rings. The summed E-state index contributed by atoms with van der Waals surface area (Å²) in [7, 11) is 1.73. The topological polar surface area (TPSA) is 51.5 Å². The second-order valence-electron chi connectivity index (χ2n) is 7.03. The zero-order valence-corrected chi connectivity index (χ0v) is 16.4. The highest BCUT2D eigenvalue weighted by atomic mass is 32.1. The monoisotopic (exact) mass is 386 g/mol. The molecule has 144 valence electrons. The van der Waals surface area contributed by atoms with Crippen molar-refractivity contribution in [2.75, 3.05) is 26.9 Å². The molecule has 0 radical (unpaired) electrons. The molecule has 4 rings (SSSR count). The van der Waals surface area contributed by atoms with E-state index < -0.39 is 0 Å². The van der Waals surface area contributed by atoms with Crippen LogP contribution in [0.4, 0.5) is 0 Å². The van der Waals surface area contributed by atoms with Crippen LogP contribution in [0, 0.1) is 0 Å². The second kappa shape index (κ2) is 8.37. The zero-order valence-electron chi connectivity index (χ0n) is 15.6. The molecule has 3 atom stereocenters. The van der Waals surface area contributed by atoms with E-state index in [1.807, 2.05) is 18.3 Å². The molecule has 2 aromatic rings. The van der Waals surface area contributed by atoms with E-state index in [2.05, 4.69) is 44.2 Å². The Kier molecular flexibility index (Phi) is 5.71. The number of thiocarbonyl (C=S) groups is 1. The maximum Gasteiger partial charge on any atom is 0.170 e. The van der Waals surface area contributed by atoms with E-state index in [9.17, 15) is 0 Å². The maximum atomic E-state index is 5.89. The minimum absolute atomic E-state index is 0.0105. The molecule has 3 unspecified atom stereocenters. The van der Waals surface area contributed by atoms with Gasteiger partial charge in [0.15, 0.2) is 5.11 Å². The SMILES string of the molecule is COCCn1cccc1C1C(c2ccccn2)NC(=S)N1CC1CCCO1. The van der Waals surface area contributed by atoms with Crippen LogP contribution in [0.15, 0.2) is 42.7 Å². The van der Waals surface area contributed by atoms with Crippen molar-refractivity contribution in [3.8, 4) is 0 Å². The van der Waals surface area contributed by atoms with Gasteiger partial charge in [0.05, 0.1) is 30.5 Å². The molecular weight excluding hydrogens is 360 g/mol. The van der Waals surface area contributed by atoms with Crippen molar-refractivity contribution in [1.29, 1.82) is 0 Å². The molecule has 4 heterocycles. The summed E-state index contributed by atoms with van der Waals surface area (Å²) in [5, 5.41) is 4.28. The number of nitrogens with one attached hydrogen (secondary N) is 1. The first-order valence-electron chi connectivity index (χ1n) is 9.51. The van der Waals surface area contributed by atoms with Gasteiger partial charge in [-0.15, -0.1) is 0 Å². The number of hydrogen-bond donors (Lipinski definition) is 1. The zero-order chi connectivity index (χ0) is 18.6. The standard InChI is InChI=1S/C20H26N4O2S/c1-25-13-11-23-10-4-8-17(23)19-18(16-7-2-3-9-21-16)22-20(27)24(19)14-15-6-5-12-26-15/h2-4,7-10,15,18-19H,5-6,11-14H2,1H3,(H,22,27). The lowest BCUT2D eigenvalue weighted by Gasteiger charge is -2.30. The Morgan fingerprint density at radius 1 is 1.33 bits per heavy atom. The number of methoxy groups -OCH3 is 1. The van der Waals surface area contributed by atoms with Gasteiger partial charge in [0.2, 0.25) is 0 Å². The summed E-state index contributed by atoms with van der Waals surface area (Å²) in [6, 6.07) is 10.4. The van der Waals surface area contributed by atoms with Gasteiger partial charge in [-0.1, -0.05) is 6.07 Å². The summed E-state index contributed by atoms with van der Waals surface area (Å²) >= 11 is 5.73. The maximum absolute atomic E-state index is 5.89. The Bertz CT molecular complexity index is 760. The number of aromatic nitrogens is 2. The minimum Gasteiger partial charge on any atom is -0.383 e. The summed E-state index contributed by atoms with van der Waals surface area (Å²) in [5.41, 5.74) is 2.22. The molecule has 0 aromatic carbocycles. The Hall–Kier alpha value is -1.96. The fourth-order valence-electron chi connectivity index (χ4n) is 4.02. The third-order valence-corrected chi connectivity index (χ3v) is 5.68. The van der Waals surface area contributed by atoms with Gasteiger partial charge in [-0.05, 0) is 49.3 Å². The highest BCUT2D eigenvalue weighted by molar-refractivity contribution is 7.80. The quantitative estimate of drug-likeness (QED) is 0.739. The first-order valence-corrected chi connectivity index (χ1v) is 9.92. The summed E-state index contributed by atoms with van der Waals surface area (Å²) in [4.78, 5) is 6.88. The summed E-state index contributed by atoms with van der Waals surface area (Å²) < 4.78 is 13.4. The van der Waals surface area contributed by atoms with Gasteiger partial charge in [0, 0.05) is 44.9 Å². The number of pyridine rings is 1. The third-order valence-electron chi connectivity index (χ3n) is 5.33. The highest BCUT2D eigenvalue weighted by Gasteiger charge is 2.42. The molecule has 2 saturated heterocycles. The first-order chi connectivity index (χ1) is 13.3. The molecule has 2 fully saturated rings. The van der Waals surface area contributed by atoms with Crippen LogP contribution in [0.2, 0.25) is 0 Å². The number of rotatable bonds is 7. The van der Waals surface area contributed by atoms with Crippen LogP contribution < -0.4 is 5.32 Å². The molecule has 1 N–H and O–H groups in total. The van der Waals surface area contributed by atoms with Crippen LogP contribution in [-0.2, 0) is 16.0 Å². The summed E-state index contributed by atoms with van der Waals surface area (Å²) in [5.74, 6) is 0. The van der Waals surface area contributed by atoms with E-state index >= 15 is 0 Å². The molecule has 2 aromatic heterocycles. The molecule has 0 spiro atoms. The van der Waals surface area contributed by atoms with Gasteiger partial charge in [0.25, 0.3) is 0 Å². The van der Waals surface area contributed by atoms with Crippen LogP contribution in [0.3, 0.4) is 0 Å². The fraction of sp³-hybridized carbons (Fsp3) is 0.500. The van der Waals surface area contributed by atoms with Gasteiger partial charge >= 0.3 is 0 Å². The van der Waals surface area contributed by atoms with Crippen LogP contribution in [0.1, 0.15) is 36.3 Å². The number of ether oxygens (including phenoxy) is 2. The Morgan fingerprint density at radius 2 is 2.26 bits per heavy atom. The fourth-order valence-corrected chi connectivity index (χ4v) is 4.34.